The first kappa shape index (κ1) is 16.5. The Morgan fingerprint density at radius 1 is 1.12 bits per heavy atom. The predicted octanol–water partition coefficient (Wildman–Crippen LogP) is 3.31. The molecular weight excluding hydrogens is 328 g/mol. The van der Waals surface area contributed by atoms with Crippen LogP contribution in [0, 0.1) is 23.5 Å². The van der Waals surface area contributed by atoms with Crippen LogP contribution in [-0.4, -0.2) is 34.0 Å². The molecule has 134 valence electrons. The molecule has 2 saturated carbocycles. The van der Waals surface area contributed by atoms with Crippen molar-refractivity contribution in [2.24, 2.45) is 11.8 Å². The van der Waals surface area contributed by atoms with Crippen molar-refractivity contribution in [3.8, 4) is 0 Å². The van der Waals surface area contributed by atoms with Crippen molar-refractivity contribution in [2.45, 2.75) is 56.5 Å². The van der Waals surface area contributed by atoms with Crippen molar-refractivity contribution in [1.29, 1.82) is 0 Å². The van der Waals surface area contributed by atoms with Crippen LogP contribution in [0.15, 0.2) is 18.2 Å². The Morgan fingerprint density at radius 3 is 2.64 bits per heavy atom. The van der Waals surface area contributed by atoms with Crippen molar-refractivity contribution in [2.75, 3.05) is 0 Å². The van der Waals surface area contributed by atoms with Gasteiger partial charge in [-0.1, -0.05) is 25.0 Å². The molecule has 1 saturated heterocycles. The van der Waals surface area contributed by atoms with Gasteiger partial charge in [-0.05, 0) is 49.1 Å². The number of hydrogen-bond acceptors (Lipinski definition) is 2. The van der Waals surface area contributed by atoms with Gasteiger partial charge >= 0.3 is 5.97 Å². The Balaban J connectivity index is 1.56. The lowest BCUT2D eigenvalue weighted by atomic mass is 9.84. The van der Waals surface area contributed by atoms with Crippen LogP contribution in [0.3, 0.4) is 0 Å². The maximum atomic E-state index is 14.0. The second-order valence-electron chi connectivity index (χ2n) is 7.54. The summed E-state index contributed by atoms with van der Waals surface area (Å²) in [6, 6.07) is 3.23. The van der Waals surface area contributed by atoms with E-state index in [-0.39, 0.29) is 29.3 Å². The normalized spacial score (nSPS) is 33.8. The summed E-state index contributed by atoms with van der Waals surface area (Å²) in [6.07, 6.45) is 4.85. The molecule has 4 rings (SSSR count). The fourth-order valence-corrected chi connectivity index (χ4v) is 4.81. The van der Waals surface area contributed by atoms with Crippen LogP contribution in [0.25, 0.3) is 0 Å². The molecule has 6 heteroatoms. The summed E-state index contributed by atoms with van der Waals surface area (Å²) in [4.78, 5) is 26.2. The van der Waals surface area contributed by atoms with Gasteiger partial charge in [-0.3, -0.25) is 4.79 Å². The Labute approximate surface area is 144 Å². The third-order valence-corrected chi connectivity index (χ3v) is 6.12. The number of halogens is 2. The zero-order valence-corrected chi connectivity index (χ0v) is 13.8. The number of rotatable bonds is 3. The summed E-state index contributed by atoms with van der Waals surface area (Å²) < 4.78 is 27.4. The van der Waals surface area contributed by atoms with Crippen LogP contribution in [0.1, 0.15) is 50.0 Å². The molecule has 3 fully saturated rings. The molecular formula is C19H21F2NO3. The highest BCUT2D eigenvalue weighted by Crippen LogP contribution is 2.51. The zero-order valence-electron chi connectivity index (χ0n) is 13.8. The van der Waals surface area contributed by atoms with E-state index in [4.69, 9.17) is 0 Å². The van der Waals surface area contributed by atoms with Crippen LogP contribution >= 0.6 is 0 Å². The molecule has 1 aromatic carbocycles. The fraction of sp³-hybridized carbons (Fsp3) is 0.579. The standard InChI is InChI=1S/C19H21F2NO3/c20-14-6-3-5-11(17(14)21)12-9-13(12)18(23)22-15-7-2-1-4-10(15)8-16(22)19(24)25/h3,5-6,10,12-13,15-16H,1-2,4,7-9H2,(H,24,25). The molecule has 1 amide bonds. The molecule has 1 N–H and O–H groups in total. The van der Waals surface area contributed by atoms with Crippen molar-refractivity contribution >= 4 is 11.9 Å². The van der Waals surface area contributed by atoms with Crippen molar-refractivity contribution < 1.29 is 23.5 Å². The molecule has 4 nitrogen and oxygen atoms in total. The third-order valence-electron chi connectivity index (χ3n) is 6.12. The molecule has 0 aromatic heterocycles. The number of likely N-dealkylation sites (tertiary alicyclic amines) is 1. The monoisotopic (exact) mass is 349 g/mol. The second-order valence-corrected chi connectivity index (χ2v) is 7.54. The third kappa shape index (κ3) is 2.71. The van der Waals surface area contributed by atoms with E-state index in [1.165, 1.54) is 12.1 Å². The van der Waals surface area contributed by atoms with Gasteiger partial charge < -0.3 is 10.0 Å². The minimum absolute atomic E-state index is 0.0130. The lowest BCUT2D eigenvalue weighted by Crippen LogP contribution is -2.47. The average molecular weight is 349 g/mol. The highest BCUT2D eigenvalue weighted by molar-refractivity contribution is 5.88. The fourth-order valence-electron chi connectivity index (χ4n) is 4.81. The van der Waals surface area contributed by atoms with Crippen LogP contribution in [0.4, 0.5) is 8.78 Å². The molecule has 5 atom stereocenters. The number of hydrogen-bond donors (Lipinski definition) is 1. The number of carbonyl (C=O) groups excluding carboxylic acids is 1. The van der Waals surface area contributed by atoms with E-state index >= 15 is 0 Å². The van der Waals surface area contributed by atoms with Crippen molar-refractivity contribution in [1.82, 2.24) is 4.90 Å². The Kier molecular flexibility index (Phi) is 4.01. The average Bonchev–Trinajstić information content (AvgIpc) is 3.28. The van der Waals surface area contributed by atoms with Gasteiger partial charge in [-0.15, -0.1) is 0 Å². The smallest absolute Gasteiger partial charge is 0.326 e. The highest BCUT2D eigenvalue weighted by Gasteiger charge is 2.54. The summed E-state index contributed by atoms with van der Waals surface area (Å²) in [5.41, 5.74) is 0.226. The SMILES string of the molecule is O=C(O)C1CC2CCCCC2N1C(=O)C1CC1c1cccc(F)c1F. The molecule has 2 aliphatic carbocycles. The Bertz CT molecular complexity index is 723. The molecule has 5 unspecified atom stereocenters. The molecule has 1 aliphatic heterocycles. The van der Waals surface area contributed by atoms with Crippen LogP contribution in [0.2, 0.25) is 0 Å². The zero-order chi connectivity index (χ0) is 17.7. The summed E-state index contributed by atoms with van der Waals surface area (Å²) in [5.74, 6) is -3.49. The van der Waals surface area contributed by atoms with Gasteiger partial charge in [0.25, 0.3) is 0 Å². The van der Waals surface area contributed by atoms with Gasteiger partial charge in [0.05, 0.1) is 0 Å². The number of carboxylic acid groups (broad SMARTS) is 1. The van der Waals surface area contributed by atoms with Gasteiger partial charge in [0, 0.05) is 12.0 Å². The van der Waals surface area contributed by atoms with E-state index in [1.807, 2.05) is 0 Å². The predicted molar refractivity (Wildman–Crippen MR) is 85.8 cm³/mol. The minimum atomic E-state index is -0.961. The van der Waals surface area contributed by atoms with Crippen LogP contribution < -0.4 is 0 Å². The summed E-state index contributed by atoms with van der Waals surface area (Å²) in [6.45, 7) is 0. The first-order valence-corrected chi connectivity index (χ1v) is 8.98. The van der Waals surface area contributed by atoms with E-state index in [1.54, 1.807) is 4.90 Å². The van der Waals surface area contributed by atoms with Crippen molar-refractivity contribution in [3.05, 3.63) is 35.4 Å². The van der Waals surface area contributed by atoms with Gasteiger partial charge in [0.1, 0.15) is 6.04 Å². The van der Waals surface area contributed by atoms with E-state index < -0.39 is 29.6 Å². The van der Waals surface area contributed by atoms with Gasteiger partial charge in [0.15, 0.2) is 11.6 Å². The Hall–Kier alpha value is -1.98. The largest absolute Gasteiger partial charge is 0.480 e. The van der Waals surface area contributed by atoms with Crippen molar-refractivity contribution in [3.63, 3.8) is 0 Å². The number of benzene rings is 1. The topological polar surface area (TPSA) is 57.6 Å². The number of amides is 1. The number of aliphatic carboxylic acids is 1. The lowest BCUT2D eigenvalue weighted by Gasteiger charge is -2.33. The first-order chi connectivity index (χ1) is 12.0. The minimum Gasteiger partial charge on any atom is -0.480 e. The number of fused-ring (bicyclic) bond motifs is 1. The van der Waals surface area contributed by atoms with Gasteiger partial charge in [0.2, 0.25) is 5.91 Å². The maximum Gasteiger partial charge on any atom is 0.326 e. The van der Waals surface area contributed by atoms with E-state index in [0.29, 0.717) is 12.8 Å². The molecule has 1 aromatic rings. The molecule has 3 aliphatic rings. The molecule has 25 heavy (non-hydrogen) atoms. The molecule has 1 heterocycles. The number of nitrogens with zero attached hydrogens (tertiary/aromatic N) is 1. The second kappa shape index (κ2) is 6.07. The summed E-state index contributed by atoms with van der Waals surface area (Å²) in [5, 5.41) is 9.54. The molecule has 0 radical (unpaired) electrons. The Morgan fingerprint density at radius 2 is 1.88 bits per heavy atom. The van der Waals surface area contributed by atoms with Gasteiger partial charge in [-0.25, -0.2) is 13.6 Å². The van der Waals surface area contributed by atoms with Crippen LogP contribution in [0.5, 0.6) is 0 Å². The van der Waals surface area contributed by atoms with Crippen LogP contribution in [-0.2, 0) is 9.59 Å². The number of carbonyl (C=O) groups is 2. The summed E-state index contributed by atoms with van der Waals surface area (Å²) in [7, 11) is 0. The molecule has 0 spiro atoms. The van der Waals surface area contributed by atoms with E-state index in [2.05, 4.69) is 0 Å². The van der Waals surface area contributed by atoms with Gasteiger partial charge in [-0.2, -0.15) is 0 Å². The maximum absolute atomic E-state index is 14.0. The number of carboxylic acids is 1. The lowest BCUT2D eigenvalue weighted by molar-refractivity contribution is -0.150. The van der Waals surface area contributed by atoms with E-state index in [0.717, 1.165) is 31.7 Å². The van der Waals surface area contributed by atoms with E-state index in [9.17, 15) is 23.5 Å². The summed E-state index contributed by atoms with van der Waals surface area (Å²) >= 11 is 0. The quantitative estimate of drug-likeness (QED) is 0.911. The first-order valence-electron chi connectivity index (χ1n) is 8.98. The highest BCUT2D eigenvalue weighted by atomic mass is 19.2. The molecule has 0 bridgehead atoms.